The van der Waals surface area contributed by atoms with Gasteiger partial charge in [0.25, 0.3) is 0 Å². The normalized spacial score (nSPS) is 17.2. The van der Waals surface area contributed by atoms with Crippen LogP contribution in [0.2, 0.25) is 0 Å². The number of para-hydroxylation sites is 1. The van der Waals surface area contributed by atoms with Gasteiger partial charge in [-0.05, 0) is 61.9 Å². The number of carbonyl (C=O) groups excluding carboxylic acids is 1. The summed E-state index contributed by atoms with van der Waals surface area (Å²) in [5, 5.41) is 10.4. The number of ketones is 1. The second-order valence-electron chi connectivity index (χ2n) is 8.45. The van der Waals surface area contributed by atoms with E-state index in [9.17, 15) is 9.90 Å². The van der Waals surface area contributed by atoms with Gasteiger partial charge in [0.1, 0.15) is 18.3 Å². The van der Waals surface area contributed by atoms with Crippen LogP contribution in [0.3, 0.4) is 0 Å². The first-order valence-electron chi connectivity index (χ1n) is 10.7. The second kappa shape index (κ2) is 8.91. The van der Waals surface area contributed by atoms with Crippen LogP contribution in [0.4, 0.5) is 0 Å². The van der Waals surface area contributed by atoms with Gasteiger partial charge in [0, 0.05) is 18.4 Å². The molecule has 0 saturated carbocycles. The van der Waals surface area contributed by atoms with Gasteiger partial charge >= 0.3 is 0 Å². The predicted octanol–water partition coefficient (Wildman–Crippen LogP) is 5.10. The van der Waals surface area contributed by atoms with Crippen molar-refractivity contribution in [2.24, 2.45) is 0 Å². The highest BCUT2D eigenvalue weighted by Crippen LogP contribution is 2.32. The van der Waals surface area contributed by atoms with Crippen LogP contribution >= 0.6 is 0 Å². The Hall–Kier alpha value is -2.13. The lowest BCUT2D eigenvalue weighted by atomic mass is 9.91. The van der Waals surface area contributed by atoms with E-state index in [1.165, 1.54) is 23.1 Å². The number of Topliss-reactive ketones (excluding diaryl/α,β-unsaturated/α-hetero) is 1. The van der Waals surface area contributed by atoms with Gasteiger partial charge in [0.2, 0.25) is 0 Å². The molecule has 0 spiro atoms. The first kappa shape index (κ1) is 20.6. The van der Waals surface area contributed by atoms with Gasteiger partial charge in [-0.1, -0.05) is 37.3 Å². The van der Waals surface area contributed by atoms with E-state index in [4.69, 9.17) is 0 Å². The molecule has 0 radical (unpaired) electrons. The molecule has 28 heavy (non-hydrogen) atoms. The van der Waals surface area contributed by atoms with E-state index in [1.807, 2.05) is 18.2 Å². The van der Waals surface area contributed by atoms with Gasteiger partial charge in [0.15, 0.2) is 5.78 Å². The fourth-order valence-electron chi connectivity index (χ4n) is 5.05. The van der Waals surface area contributed by atoms with Gasteiger partial charge in [0.05, 0.1) is 13.1 Å². The third-order valence-electron chi connectivity index (χ3n) is 6.60. The minimum absolute atomic E-state index is 0.0149. The highest BCUT2D eigenvalue weighted by atomic mass is 16.3. The molecular weight excluding hydrogens is 346 g/mol. The summed E-state index contributed by atoms with van der Waals surface area (Å²) < 4.78 is 0.790. The maximum atomic E-state index is 13.5. The smallest absolute Gasteiger partial charge is 0.194 e. The zero-order valence-electron chi connectivity index (χ0n) is 17.6. The van der Waals surface area contributed by atoms with Crippen molar-refractivity contribution in [3.8, 4) is 5.75 Å². The van der Waals surface area contributed by atoms with Crippen molar-refractivity contribution in [3.63, 3.8) is 0 Å². The monoisotopic (exact) mass is 380 g/mol. The van der Waals surface area contributed by atoms with Crippen molar-refractivity contribution in [1.29, 1.82) is 0 Å². The summed E-state index contributed by atoms with van der Waals surface area (Å²) in [6.07, 6.45) is 4.90. The Balaban J connectivity index is 1.91. The number of phenolic OH excluding ortho intramolecular Hbond substituents is 1. The Kier molecular flexibility index (Phi) is 6.56. The van der Waals surface area contributed by atoms with E-state index >= 15 is 0 Å². The number of carbonyl (C=O) groups is 1. The topological polar surface area (TPSA) is 37.3 Å². The summed E-state index contributed by atoms with van der Waals surface area (Å²) in [4.78, 5) is 13.5. The molecule has 150 valence electrons. The van der Waals surface area contributed by atoms with Crippen LogP contribution in [0.5, 0.6) is 5.75 Å². The molecule has 2 aromatic carbocycles. The van der Waals surface area contributed by atoms with Gasteiger partial charge < -0.3 is 9.59 Å². The molecule has 3 rings (SSSR count). The molecule has 0 amide bonds. The Morgan fingerprint density at radius 2 is 1.64 bits per heavy atom. The summed E-state index contributed by atoms with van der Waals surface area (Å²) in [7, 11) is 0. The molecular formula is C25H34NO2+. The number of aromatic hydroxyl groups is 1. The van der Waals surface area contributed by atoms with Gasteiger partial charge in [-0.3, -0.25) is 4.79 Å². The van der Waals surface area contributed by atoms with Crippen molar-refractivity contribution in [1.82, 2.24) is 0 Å². The number of hydrogen-bond acceptors (Lipinski definition) is 2. The van der Waals surface area contributed by atoms with Crippen molar-refractivity contribution < 1.29 is 14.4 Å². The lowest BCUT2D eigenvalue weighted by molar-refractivity contribution is -0.959. The average molecular weight is 381 g/mol. The van der Waals surface area contributed by atoms with Crippen LogP contribution in [0, 0.1) is 13.8 Å². The van der Waals surface area contributed by atoms with Crippen LogP contribution in [0.1, 0.15) is 54.9 Å². The minimum Gasteiger partial charge on any atom is -0.507 e. The molecule has 1 aliphatic heterocycles. The molecule has 3 nitrogen and oxygen atoms in total. The Morgan fingerprint density at radius 1 is 1.00 bits per heavy atom. The number of rotatable bonds is 7. The molecule has 0 aliphatic carbocycles. The molecule has 1 N–H and O–H groups in total. The molecule has 1 unspecified atom stereocenters. The third-order valence-corrected chi connectivity index (χ3v) is 6.60. The van der Waals surface area contributed by atoms with E-state index in [1.54, 1.807) is 6.07 Å². The summed E-state index contributed by atoms with van der Waals surface area (Å²) in [6.45, 7) is 9.13. The van der Waals surface area contributed by atoms with Gasteiger partial charge in [-0.15, -0.1) is 0 Å². The second-order valence-corrected chi connectivity index (χ2v) is 8.45. The number of phenols is 1. The SMILES string of the molecule is CCC(C(=O)Cc1c(C)cccc1C)[N+]1(Cc2ccccc2O)CCCCC1. The third kappa shape index (κ3) is 4.30. The molecule has 1 fully saturated rings. The fraction of sp³-hybridized carbons (Fsp3) is 0.480. The van der Waals surface area contributed by atoms with Crippen LogP contribution in [-0.4, -0.2) is 34.5 Å². The Morgan fingerprint density at radius 3 is 2.25 bits per heavy atom. The van der Waals surface area contributed by atoms with E-state index in [0.29, 0.717) is 18.0 Å². The lowest BCUT2D eigenvalue weighted by Crippen LogP contribution is -2.60. The summed E-state index contributed by atoms with van der Waals surface area (Å²) in [6, 6.07) is 13.9. The highest BCUT2D eigenvalue weighted by molar-refractivity contribution is 5.85. The van der Waals surface area contributed by atoms with Crippen molar-refractivity contribution >= 4 is 5.78 Å². The summed E-state index contributed by atoms with van der Waals surface area (Å²) in [5.41, 5.74) is 4.55. The van der Waals surface area contributed by atoms with E-state index < -0.39 is 0 Å². The molecule has 1 aliphatic rings. The predicted molar refractivity (Wildman–Crippen MR) is 114 cm³/mol. The van der Waals surface area contributed by atoms with E-state index in [-0.39, 0.29) is 6.04 Å². The number of benzene rings is 2. The minimum atomic E-state index is -0.0149. The largest absolute Gasteiger partial charge is 0.507 e. The van der Waals surface area contributed by atoms with Crippen LogP contribution < -0.4 is 0 Å². The zero-order valence-corrected chi connectivity index (χ0v) is 17.6. The average Bonchev–Trinajstić information content (AvgIpc) is 2.68. The standard InChI is InChI=1S/C25H33NO2/c1-4-23(25(28)17-22-19(2)11-10-12-20(22)3)26(15-8-5-9-16-26)18-21-13-6-7-14-24(21)27/h6-7,10-14,23H,4-5,8-9,15-18H2,1-3H3/p+1. The molecule has 0 bridgehead atoms. The number of nitrogens with zero attached hydrogens (tertiary/aromatic N) is 1. The van der Waals surface area contributed by atoms with Crippen LogP contribution in [0.15, 0.2) is 42.5 Å². The Bertz CT molecular complexity index is 801. The number of hydrogen-bond donors (Lipinski definition) is 1. The first-order chi connectivity index (χ1) is 13.5. The van der Waals surface area contributed by atoms with Crippen LogP contribution in [-0.2, 0) is 17.8 Å². The summed E-state index contributed by atoms with van der Waals surface area (Å²) in [5.74, 6) is 0.694. The molecule has 1 heterocycles. The quantitative estimate of drug-likeness (QED) is 0.679. The van der Waals surface area contributed by atoms with Crippen molar-refractivity contribution in [2.45, 2.75) is 65.5 Å². The molecule has 1 atom stereocenters. The van der Waals surface area contributed by atoms with Crippen LogP contribution in [0.25, 0.3) is 0 Å². The maximum Gasteiger partial charge on any atom is 0.194 e. The van der Waals surface area contributed by atoms with E-state index in [0.717, 1.165) is 48.9 Å². The lowest BCUT2D eigenvalue weighted by Gasteiger charge is -2.46. The van der Waals surface area contributed by atoms with Gasteiger partial charge in [-0.2, -0.15) is 0 Å². The molecule has 2 aromatic rings. The number of likely N-dealkylation sites (tertiary alicyclic amines) is 1. The van der Waals surface area contributed by atoms with Gasteiger partial charge in [-0.25, -0.2) is 0 Å². The fourth-order valence-corrected chi connectivity index (χ4v) is 5.05. The summed E-state index contributed by atoms with van der Waals surface area (Å²) >= 11 is 0. The van der Waals surface area contributed by atoms with Crippen molar-refractivity contribution in [3.05, 3.63) is 64.7 Å². The van der Waals surface area contributed by atoms with E-state index in [2.05, 4.69) is 39.0 Å². The first-order valence-corrected chi connectivity index (χ1v) is 10.7. The molecule has 0 aromatic heterocycles. The molecule has 3 heteroatoms. The molecule has 1 saturated heterocycles. The zero-order chi connectivity index (χ0) is 20.1. The highest BCUT2D eigenvalue weighted by Gasteiger charge is 2.42. The Labute approximate surface area is 169 Å². The number of quaternary nitrogens is 1. The maximum absolute atomic E-state index is 13.5. The number of aryl methyl sites for hydroxylation is 2. The van der Waals surface area contributed by atoms with Crippen molar-refractivity contribution in [2.75, 3.05) is 13.1 Å². The number of piperidine rings is 1.